The van der Waals surface area contributed by atoms with Crippen LogP contribution in [0.3, 0.4) is 0 Å². The van der Waals surface area contributed by atoms with E-state index in [-0.39, 0.29) is 35.1 Å². The van der Waals surface area contributed by atoms with Gasteiger partial charge in [0.15, 0.2) is 5.16 Å². The third-order valence-electron chi connectivity index (χ3n) is 4.38. The molecule has 1 atom stereocenters. The van der Waals surface area contributed by atoms with Crippen molar-refractivity contribution in [1.29, 1.82) is 0 Å². The molecule has 0 saturated carbocycles. The van der Waals surface area contributed by atoms with E-state index in [9.17, 15) is 14.9 Å². The molecule has 1 unspecified atom stereocenters. The summed E-state index contributed by atoms with van der Waals surface area (Å²) in [6.45, 7) is 5.52. The van der Waals surface area contributed by atoms with Crippen LogP contribution in [-0.2, 0) is 16.1 Å². The largest absolute Gasteiger partial charge is 0.376 e. The third-order valence-corrected chi connectivity index (χ3v) is 5.35. The molecule has 0 spiro atoms. The van der Waals surface area contributed by atoms with E-state index in [0.29, 0.717) is 11.7 Å². The van der Waals surface area contributed by atoms with Gasteiger partial charge in [-0.1, -0.05) is 37.7 Å². The lowest BCUT2D eigenvalue weighted by Crippen LogP contribution is -2.19. The van der Waals surface area contributed by atoms with Crippen molar-refractivity contribution in [2.45, 2.75) is 50.4 Å². The number of nitrogens with one attached hydrogen (secondary N) is 1. The third kappa shape index (κ3) is 4.87. The van der Waals surface area contributed by atoms with Crippen LogP contribution in [0.1, 0.15) is 38.4 Å². The number of thioether (sulfide) groups is 1. The molecule has 1 saturated heterocycles. The summed E-state index contributed by atoms with van der Waals surface area (Å²) in [5, 5.41) is 22.8. The number of rotatable bonds is 8. The van der Waals surface area contributed by atoms with Gasteiger partial charge >= 0.3 is 0 Å². The summed E-state index contributed by atoms with van der Waals surface area (Å²) >= 11 is 1.26. The molecule has 150 valence electrons. The van der Waals surface area contributed by atoms with Gasteiger partial charge in [0.05, 0.1) is 23.3 Å². The number of para-hydroxylation sites is 2. The van der Waals surface area contributed by atoms with Crippen LogP contribution in [0.2, 0.25) is 0 Å². The number of aromatic nitrogens is 3. The van der Waals surface area contributed by atoms with E-state index in [1.54, 1.807) is 12.1 Å². The molecule has 10 heteroatoms. The van der Waals surface area contributed by atoms with Gasteiger partial charge in [0, 0.05) is 18.6 Å². The molecule has 2 aromatic rings. The van der Waals surface area contributed by atoms with Crippen molar-refractivity contribution in [2.75, 3.05) is 17.7 Å². The highest BCUT2D eigenvalue weighted by atomic mass is 32.2. The summed E-state index contributed by atoms with van der Waals surface area (Å²) in [6, 6.07) is 6.07. The van der Waals surface area contributed by atoms with E-state index in [2.05, 4.69) is 15.5 Å². The molecule has 1 aromatic carbocycles. The minimum absolute atomic E-state index is 0.0772. The second-order valence-corrected chi connectivity index (χ2v) is 7.79. The number of hydrogen-bond acceptors (Lipinski definition) is 7. The van der Waals surface area contributed by atoms with Crippen molar-refractivity contribution in [2.24, 2.45) is 0 Å². The first-order valence-corrected chi connectivity index (χ1v) is 10.1. The Morgan fingerprint density at radius 1 is 1.43 bits per heavy atom. The Hall–Kier alpha value is -2.46. The molecule has 1 aliphatic heterocycles. The van der Waals surface area contributed by atoms with Gasteiger partial charge in [0.25, 0.3) is 5.69 Å². The van der Waals surface area contributed by atoms with Crippen LogP contribution in [0.4, 0.5) is 11.4 Å². The molecule has 2 heterocycles. The van der Waals surface area contributed by atoms with Gasteiger partial charge in [-0.2, -0.15) is 0 Å². The first kappa shape index (κ1) is 20.3. The summed E-state index contributed by atoms with van der Waals surface area (Å²) in [5.41, 5.74) is 0.0475. The zero-order valence-electron chi connectivity index (χ0n) is 15.8. The Morgan fingerprint density at radius 2 is 2.21 bits per heavy atom. The first-order valence-electron chi connectivity index (χ1n) is 9.16. The van der Waals surface area contributed by atoms with Crippen LogP contribution in [0.15, 0.2) is 29.4 Å². The number of amides is 1. The Kier molecular flexibility index (Phi) is 6.63. The highest BCUT2D eigenvalue weighted by Gasteiger charge is 2.23. The van der Waals surface area contributed by atoms with Gasteiger partial charge < -0.3 is 14.6 Å². The fourth-order valence-corrected chi connectivity index (χ4v) is 3.81. The number of anilines is 1. The summed E-state index contributed by atoms with van der Waals surface area (Å²) in [4.78, 5) is 22.9. The Balaban J connectivity index is 1.67. The number of hydrogen-bond donors (Lipinski definition) is 1. The minimum Gasteiger partial charge on any atom is -0.376 e. The van der Waals surface area contributed by atoms with Crippen LogP contribution in [-0.4, -0.2) is 44.1 Å². The summed E-state index contributed by atoms with van der Waals surface area (Å²) in [5.74, 6) is 0.798. The van der Waals surface area contributed by atoms with Gasteiger partial charge in [-0.3, -0.25) is 14.9 Å². The predicted octanol–water partition coefficient (Wildman–Crippen LogP) is 3.22. The Bertz CT molecular complexity index is 848. The fourth-order valence-electron chi connectivity index (χ4n) is 3.05. The van der Waals surface area contributed by atoms with E-state index in [4.69, 9.17) is 4.74 Å². The molecule has 28 heavy (non-hydrogen) atoms. The lowest BCUT2D eigenvalue weighted by Gasteiger charge is -2.15. The van der Waals surface area contributed by atoms with Gasteiger partial charge in [0.1, 0.15) is 11.5 Å². The molecule has 1 amide bonds. The zero-order valence-corrected chi connectivity index (χ0v) is 16.6. The second-order valence-electron chi connectivity index (χ2n) is 6.85. The van der Waals surface area contributed by atoms with E-state index in [0.717, 1.165) is 25.3 Å². The standard InChI is InChI=1S/C18H23N5O4S/c1-12(2)17-20-21-18(22(17)10-13-6-5-9-27-13)28-11-16(24)19-14-7-3-4-8-15(14)23(25)26/h3-4,7-8,12-13H,5-6,9-11H2,1-2H3,(H,19,24). The van der Waals surface area contributed by atoms with Crippen LogP contribution < -0.4 is 5.32 Å². The highest BCUT2D eigenvalue weighted by molar-refractivity contribution is 7.99. The average molecular weight is 405 g/mol. The fraction of sp³-hybridized carbons (Fsp3) is 0.500. The van der Waals surface area contributed by atoms with Crippen LogP contribution in [0.5, 0.6) is 0 Å². The van der Waals surface area contributed by atoms with Crippen molar-refractivity contribution in [3.8, 4) is 0 Å². The molecule has 1 aromatic heterocycles. The summed E-state index contributed by atoms with van der Waals surface area (Å²) in [7, 11) is 0. The van der Waals surface area contributed by atoms with Crippen molar-refractivity contribution >= 4 is 29.0 Å². The summed E-state index contributed by atoms with van der Waals surface area (Å²) in [6.07, 6.45) is 2.18. The van der Waals surface area contributed by atoms with Crippen molar-refractivity contribution in [3.63, 3.8) is 0 Å². The second kappa shape index (κ2) is 9.16. The first-order chi connectivity index (χ1) is 13.5. The lowest BCUT2D eigenvalue weighted by molar-refractivity contribution is -0.383. The maximum Gasteiger partial charge on any atom is 0.292 e. The number of carbonyl (C=O) groups is 1. The molecule has 1 fully saturated rings. The number of ether oxygens (including phenoxy) is 1. The number of benzene rings is 1. The number of nitrogens with zero attached hydrogens (tertiary/aromatic N) is 4. The quantitative estimate of drug-likeness (QED) is 0.408. The van der Waals surface area contributed by atoms with Gasteiger partial charge in [-0.05, 0) is 18.9 Å². The molecule has 1 N–H and O–H groups in total. The van der Waals surface area contributed by atoms with Crippen LogP contribution in [0.25, 0.3) is 0 Å². The Labute approximate surface area is 167 Å². The van der Waals surface area contributed by atoms with Gasteiger partial charge in [0.2, 0.25) is 5.91 Å². The van der Waals surface area contributed by atoms with E-state index in [1.807, 2.05) is 18.4 Å². The van der Waals surface area contributed by atoms with Crippen molar-refractivity contribution in [3.05, 3.63) is 40.2 Å². The molecule has 0 aliphatic carbocycles. The number of nitro benzene ring substituents is 1. The number of nitro groups is 1. The smallest absolute Gasteiger partial charge is 0.292 e. The van der Waals surface area contributed by atoms with Crippen LogP contribution >= 0.6 is 11.8 Å². The molecule has 0 bridgehead atoms. The summed E-state index contributed by atoms with van der Waals surface area (Å²) < 4.78 is 7.74. The zero-order chi connectivity index (χ0) is 20.1. The predicted molar refractivity (Wildman–Crippen MR) is 106 cm³/mol. The Morgan fingerprint density at radius 3 is 2.89 bits per heavy atom. The van der Waals surface area contributed by atoms with Crippen LogP contribution in [0, 0.1) is 10.1 Å². The lowest BCUT2D eigenvalue weighted by atomic mass is 10.2. The van der Waals surface area contributed by atoms with Crippen molar-refractivity contribution < 1.29 is 14.5 Å². The molecule has 0 radical (unpaired) electrons. The number of carbonyl (C=O) groups excluding carboxylic acids is 1. The van der Waals surface area contributed by atoms with E-state index in [1.165, 1.54) is 23.9 Å². The maximum atomic E-state index is 12.3. The average Bonchev–Trinajstić information content (AvgIpc) is 3.30. The SMILES string of the molecule is CC(C)c1nnc(SCC(=O)Nc2ccccc2[N+](=O)[O-])n1CC1CCCO1. The molecule has 9 nitrogen and oxygen atoms in total. The highest BCUT2D eigenvalue weighted by Crippen LogP contribution is 2.26. The molecular weight excluding hydrogens is 382 g/mol. The minimum atomic E-state index is -0.518. The van der Waals surface area contributed by atoms with Gasteiger partial charge in [-0.15, -0.1) is 10.2 Å². The van der Waals surface area contributed by atoms with E-state index >= 15 is 0 Å². The van der Waals surface area contributed by atoms with Crippen molar-refractivity contribution in [1.82, 2.24) is 14.8 Å². The molecule has 3 rings (SSSR count). The maximum absolute atomic E-state index is 12.3. The molecular formula is C18H23N5O4S. The normalized spacial score (nSPS) is 16.5. The van der Waals surface area contributed by atoms with Gasteiger partial charge in [-0.25, -0.2) is 0 Å². The molecule has 1 aliphatic rings. The van der Waals surface area contributed by atoms with E-state index < -0.39 is 4.92 Å². The monoisotopic (exact) mass is 405 g/mol. The topological polar surface area (TPSA) is 112 Å².